The average Bonchev–Trinajstić information content (AvgIpc) is 2.73. The number of aldehydes is 1. The third-order valence-electron chi connectivity index (χ3n) is 2.51. The van der Waals surface area contributed by atoms with Crippen LogP contribution in [-0.4, -0.2) is 31.4 Å². The van der Waals surface area contributed by atoms with Gasteiger partial charge in [0.1, 0.15) is 0 Å². The molecule has 1 atom stereocenters. The molecule has 1 rings (SSSR count). The zero-order chi connectivity index (χ0) is 11.3. The second-order valence-electron chi connectivity index (χ2n) is 3.45. The second kappa shape index (κ2) is 6.18. The largest absolute Gasteiger partial charge is 0.370 e. The molecule has 4 heteroatoms. The van der Waals surface area contributed by atoms with E-state index in [1.807, 2.05) is 23.2 Å². The van der Waals surface area contributed by atoms with Gasteiger partial charge in [-0.3, -0.25) is 4.79 Å². The maximum atomic E-state index is 10.6. The van der Waals surface area contributed by atoms with Crippen molar-refractivity contribution >= 4 is 35.1 Å². The number of thiophene rings is 1. The fraction of sp³-hybridized carbons (Fsp3) is 0.545. The van der Waals surface area contributed by atoms with Gasteiger partial charge in [-0.2, -0.15) is 11.8 Å². The number of hydrogen-bond acceptors (Lipinski definition) is 4. The molecule has 0 aliphatic rings. The standard InChI is InChI=1S/C11H17NOS2/c1-4-9(7-14-3)12(2)10-5-11(6-13)15-8-10/h5-6,8-9H,4,7H2,1-3H3. The molecular formula is C11H17NOS2. The lowest BCUT2D eigenvalue weighted by Gasteiger charge is -2.27. The van der Waals surface area contributed by atoms with Crippen molar-refractivity contribution in [3.05, 3.63) is 16.3 Å². The lowest BCUT2D eigenvalue weighted by atomic mass is 10.2. The lowest BCUT2D eigenvalue weighted by Crippen LogP contribution is -2.32. The van der Waals surface area contributed by atoms with Crippen LogP contribution < -0.4 is 4.90 Å². The van der Waals surface area contributed by atoms with Gasteiger partial charge in [-0.1, -0.05) is 6.92 Å². The minimum Gasteiger partial charge on any atom is -0.370 e. The van der Waals surface area contributed by atoms with Crippen molar-refractivity contribution < 1.29 is 4.79 Å². The van der Waals surface area contributed by atoms with E-state index in [-0.39, 0.29) is 0 Å². The van der Waals surface area contributed by atoms with Crippen molar-refractivity contribution in [1.82, 2.24) is 0 Å². The molecule has 0 aliphatic carbocycles. The van der Waals surface area contributed by atoms with Crippen LogP contribution in [0.25, 0.3) is 0 Å². The van der Waals surface area contributed by atoms with E-state index in [0.29, 0.717) is 6.04 Å². The van der Waals surface area contributed by atoms with Crippen molar-refractivity contribution in [1.29, 1.82) is 0 Å². The van der Waals surface area contributed by atoms with Gasteiger partial charge < -0.3 is 4.90 Å². The zero-order valence-corrected chi connectivity index (χ0v) is 11.0. The van der Waals surface area contributed by atoms with Crippen molar-refractivity contribution in [2.45, 2.75) is 19.4 Å². The number of carbonyl (C=O) groups is 1. The third kappa shape index (κ3) is 3.24. The van der Waals surface area contributed by atoms with E-state index in [0.717, 1.165) is 29.0 Å². The molecule has 2 nitrogen and oxygen atoms in total. The summed E-state index contributed by atoms with van der Waals surface area (Å²) >= 11 is 3.37. The predicted octanol–water partition coefficient (Wildman–Crippen LogP) is 3.14. The topological polar surface area (TPSA) is 20.3 Å². The molecule has 0 aromatic carbocycles. The van der Waals surface area contributed by atoms with Crippen LogP contribution >= 0.6 is 23.1 Å². The molecular weight excluding hydrogens is 226 g/mol. The Labute approximate surface area is 99.7 Å². The molecule has 0 saturated heterocycles. The van der Waals surface area contributed by atoms with Crippen molar-refractivity contribution in [2.75, 3.05) is 24.0 Å². The summed E-state index contributed by atoms with van der Waals surface area (Å²) in [4.78, 5) is 13.7. The van der Waals surface area contributed by atoms with Crippen molar-refractivity contribution in [3.8, 4) is 0 Å². The minimum absolute atomic E-state index is 0.550. The molecule has 0 aliphatic heterocycles. The Hall–Kier alpha value is -0.480. The smallest absolute Gasteiger partial charge is 0.160 e. The summed E-state index contributed by atoms with van der Waals surface area (Å²) in [6.45, 7) is 2.20. The van der Waals surface area contributed by atoms with Crippen LogP contribution in [0, 0.1) is 0 Å². The van der Waals surface area contributed by atoms with E-state index < -0.39 is 0 Å². The van der Waals surface area contributed by atoms with Crippen molar-refractivity contribution in [2.24, 2.45) is 0 Å². The highest BCUT2D eigenvalue weighted by Crippen LogP contribution is 2.24. The van der Waals surface area contributed by atoms with E-state index >= 15 is 0 Å². The Morgan fingerprint density at radius 2 is 2.40 bits per heavy atom. The summed E-state index contributed by atoms with van der Waals surface area (Å²) in [5.41, 5.74) is 1.16. The van der Waals surface area contributed by atoms with Gasteiger partial charge in [0, 0.05) is 29.9 Å². The Balaban J connectivity index is 2.72. The third-order valence-corrected chi connectivity index (χ3v) is 4.07. The molecule has 0 radical (unpaired) electrons. The number of thioether (sulfide) groups is 1. The summed E-state index contributed by atoms with van der Waals surface area (Å²) in [6.07, 6.45) is 4.17. The number of anilines is 1. The average molecular weight is 243 g/mol. The molecule has 0 spiro atoms. The fourth-order valence-electron chi connectivity index (χ4n) is 1.50. The first kappa shape index (κ1) is 12.6. The van der Waals surface area contributed by atoms with Crippen LogP contribution in [0.2, 0.25) is 0 Å². The number of hydrogen-bond donors (Lipinski definition) is 0. The predicted molar refractivity (Wildman–Crippen MR) is 70.6 cm³/mol. The lowest BCUT2D eigenvalue weighted by molar-refractivity contribution is 0.112. The van der Waals surface area contributed by atoms with Gasteiger partial charge >= 0.3 is 0 Å². The highest BCUT2D eigenvalue weighted by Gasteiger charge is 2.13. The van der Waals surface area contributed by atoms with Crippen molar-refractivity contribution in [3.63, 3.8) is 0 Å². The molecule has 0 fully saturated rings. The van der Waals surface area contributed by atoms with Gasteiger partial charge in [-0.25, -0.2) is 0 Å². The summed E-state index contributed by atoms with van der Waals surface area (Å²) in [5, 5.41) is 2.05. The maximum absolute atomic E-state index is 10.6. The fourth-order valence-corrected chi connectivity index (χ4v) is 3.08. The molecule has 0 amide bonds. The van der Waals surface area contributed by atoms with Crippen LogP contribution in [0.5, 0.6) is 0 Å². The number of carbonyl (C=O) groups excluding carboxylic acids is 1. The van der Waals surface area contributed by atoms with E-state index in [2.05, 4.69) is 25.1 Å². The maximum Gasteiger partial charge on any atom is 0.160 e. The van der Waals surface area contributed by atoms with Gasteiger partial charge in [-0.05, 0) is 18.7 Å². The van der Waals surface area contributed by atoms with Gasteiger partial charge in [-0.15, -0.1) is 11.3 Å². The van der Waals surface area contributed by atoms with Gasteiger partial charge in [0.05, 0.1) is 4.88 Å². The van der Waals surface area contributed by atoms with Crippen LogP contribution in [-0.2, 0) is 0 Å². The molecule has 0 bridgehead atoms. The summed E-state index contributed by atoms with van der Waals surface area (Å²) in [6, 6.07) is 2.51. The second-order valence-corrected chi connectivity index (χ2v) is 5.31. The SMILES string of the molecule is CCC(CSC)N(C)c1csc(C=O)c1. The van der Waals surface area contributed by atoms with Gasteiger partial charge in [0.25, 0.3) is 0 Å². The highest BCUT2D eigenvalue weighted by molar-refractivity contribution is 7.98. The molecule has 84 valence electrons. The summed E-state index contributed by atoms with van der Waals surface area (Å²) < 4.78 is 0. The first-order valence-electron chi connectivity index (χ1n) is 4.98. The van der Waals surface area contributed by atoms with E-state index in [1.165, 1.54) is 11.3 Å². The zero-order valence-electron chi connectivity index (χ0n) is 9.40. The Morgan fingerprint density at radius 1 is 1.67 bits per heavy atom. The Bertz CT molecular complexity index is 311. The normalized spacial score (nSPS) is 12.5. The van der Waals surface area contributed by atoms with E-state index in [4.69, 9.17) is 0 Å². The van der Waals surface area contributed by atoms with Crippen LogP contribution in [0.4, 0.5) is 5.69 Å². The van der Waals surface area contributed by atoms with Crippen LogP contribution in [0.1, 0.15) is 23.0 Å². The number of rotatable bonds is 6. The molecule has 1 aromatic heterocycles. The first-order valence-corrected chi connectivity index (χ1v) is 7.25. The Kier molecular flexibility index (Phi) is 5.19. The van der Waals surface area contributed by atoms with Gasteiger partial charge in [0.2, 0.25) is 0 Å². The summed E-state index contributed by atoms with van der Waals surface area (Å²) in [7, 11) is 2.10. The number of nitrogens with zero attached hydrogens (tertiary/aromatic N) is 1. The molecule has 15 heavy (non-hydrogen) atoms. The highest BCUT2D eigenvalue weighted by atomic mass is 32.2. The van der Waals surface area contributed by atoms with Crippen LogP contribution in [0.3, 0.4) is 0 Å². The molecule has 1 unspecified atom stereocenters. The van der Waals surface area contributed by atoms with Gasteiger partial charge in [0.15, 0.2) is 6.29 Å². The van der Waals surface area contributed by atoms with Crippen LogP contribution in [0.15, 0.2) is 11.4 Å². The quantitative estimate of drug-likeness (QED) is 0.716. The Morgan fingerprint density at radius 3 is 2.87 bits per heavy atom. The molecule has 0 N–H and O–H groups in total. The van der Waals surface area contributed by atoms with E-state index in [1.54, 1.807) is 0 Å². The van der Waals surface area contributed by atoms with E-state index in [9.17, 15) is 4.79 Å². The molecule has 1 aromatic rings. The first-order chi connectivity index (χ1) is 7.22. The minimum atomic E-state index is 0.550. The molecule has 0 saturated carbocycles. The summed E-state index contributed by atoms with van der Waals surface area (Å²) in [5.74, 6) is 1.12. The molecule has 1 heterocycles. The monoisotopic (exact) mass is 243 g/mol.